The molecule has 1 aromatic carbocycles. The van der Waals surface area contributed by atoms with E-state index in [-0.39, 0.29) is 11.8 Å². The number of hydrogen-bond donors (Lipinski definition) is 1. The lowest BCUT2D eigenvalue weighted by molar-refractivity contribution is -0.137. The summed E-state index contributed by atoms with van der Waals surface area (Å²) in [6, 6.07) is 7.59. The number of halogens is 1. The zero-order valence-electron chi connectivity index (χ0n) is 14.3. The summed E-state index contributed by atoms with van der Waals surface area (Å²) >= 11 is 5.86. The normalized spacial score (nSPS) is 29.1. The van der Waals surface area contributed by atoms with Gasteiger partial charge in [0.25, 0.3) is 0 Å². The number of benzene rings is 1. The molecule has 0 heterocycles. The Kier molecular flexibility index (Phi) is 5.67. The summed E-state index contributed by atoms with van der Waals surface area (Å²) in [7, 11) is 1.87. The summed E-state index contributed by atoms with van der Waals surface area (Å²) in [5.41, 5.74) is 6.32. The molecule has 132 valence electrons. The third-order valence-electron chi connectivity index (χ3n) is 5.65. The molecule has 0 spiro atoms. The Morgan fingerprint density at radius 1 is 1.25 bits per heavy atom. The molecule has 5 heteroatoms. The van der Waals surface area contributed by atoms with E-state index in [2.05, 4.69) is 0 Å². The fraction of sp³-hybridized carbons (Fsp3) is 0.632. The van der Waals surface area contributed by atoms with Gasteiger partial charge in [-0.15, -0.1) is 0 Å². The molecule has 2 bridgehead atoms. The molecule has 2 fully saturated rings. The molecule has 2 N–H and O–H groups in total. The predicted octanol–water partition coefficient (Wildman–Crippen LogP) is 3.33. The van der Waals surface area contributed by atoms with Crippen molar-refractivity contribution in [2.75, 3.05) is 20.2 Å². The van der Waals surface area contributed by atoms with Crippen molar-refractivity contribution < 1.29 is 9.53 Å². The minimum absolute atomic E-state index is 0.139. The standard InChI is InChI=1S/C19H27ClN2O2/c1-22(9-10-24-17-7-5-16(20)6-8-17)19(23)15-11-13-3-2-4-14(12-15)18(13)21/h5-8,13-15,18H,2-4,9-12,21H2,1H3. The molecular weight excluding hydrogens is 324 g/mol. The van der Waals surface area contributed by atoms with Gasteiger partial charge in [-0.25, -0.2) is 0 Å². The van der Waals surface area contributed by atoms with Crippen LogP contribution in [0, 0.1) is 17.8 Å². The molecule has 1 aromatic rings. The number of ether oxygens (including phenoxy) is 1. The largest absolute Gasteiger partial charge is 0.492 e. The first-order valence-electron chi connectivity index (χ1n) is 8.93. The molecule has 24 heavy (non-hydrogen) atoms. The fourth-order valence-corrected chi connectivity index (χ4v) is 4.37. The van der Waals surface area contributed by atoms with Crippen molar-refractivity contribution in [3.05, 3.63) is 29.3 Å². The van der Waals surface area contributed by atoms with Crippen LogP contribution < -0.4 is 10.5 Å². The highest BCUT2D eigenvalue weighted by molar-refractivity contribution is 6.30. The van der Waals surface area contributed by atoms with Gasteiger partial charge in [-0.3, -0.25) is 4.79 Å². The number of carbonyl (C=O) groups excluding carboxylic acids is 1. The summed E-state index contributed by atoms with van der Waals surface area (Å²) in [5.74, 6) is 2.23. The lowest BCUT2D eigenvalue weighted by Crippen LogP contribution is -2.49. The molecule has 2 aliphatic carbocycles. The molecule has 0 saturated heterocycles. The second kappa shape index (κ2) is 7.75. The van der Waals surface area contributed by atoms with Crippen LogP contribution in [0.1, 0.15) is 32.1 Å². The van der Waals surface area contributed by atoms with E-state index in [4.69, 9.17) is 22.1 Å². The van der Waals surface area contributed by atoms with E-state index in [1.54, 1.807) is 12.1 Å². The van der Waals surface area contributed by atoms with Gasteiger partial charge in [0.1, 0.15) is 12.4 Å². The van der Waals surface area contributed by atoms with Gasteiger partial charge in [-0.1, -0.05) is 18.0 Å². The molecule has 2 saturated carbocycles. The van der Waals surface area contributed by atoms with Crippen molar-refractivity contribution in [3.63, 3.8) is 0 Å². The highest BCUT2D eigenvalue weighted by Crippen LogP contribution is 2.42. The first-order valence-corrected chi connectivity index (χ1v) is 9.31. The van der Waals surface area contributed by atoms with Crippen molar-refractivity contribution in [2.45, 2.75) is 38.1 Å². The molecule has 2 unspecified atom stereocenters. The van der Waals surface area contributed by atoms with E-state index in [9.17, 15) is 4.79 Å². The molecule has 1 amide bonds. The van der Waals surface area contributed by atoms with Gasteiger partial charge in [-0.2, -0.15) is 0 Å². The molecular formula is C19H27ClN2O2. The van der Waals surface area contributed by atoms with E-state index in [1.165, 1.54) is 19.3 Å². The average Bonchev–Trinajstić information content (AvgIpc) is 2.55. The maximum absolute atomic E-state index is 12.7. The van der Waals surface area contributed by atoms with E-state index in [0.29, 0.717) is 36.1 Å². The van der Waals surface area contributed by atoms with E-state index in [1.807, 2.05) is 24.1 Å². The van der Waals surface area contributed by atoms with Crippen LogP contribution in [0.25, 0.3) is 0 Å². The second-order valence-corrected chi connectivity index (χ2v) is 7.70. The summed E-state index contributed by atoms with van der Waals surface area (Å²) in [6.45, 7) is 1.09. The van der Waals surface area contributed by atoms with Crippen LogP contribution in [-0.2, 0) is 4.79 Å². The fourth-order valence-electron chi connectivity index (χ4n) is 4.24. The van der Waals surface area contributed by atoms with Crippen molar-refractivity contribution in [1.82, 2.24) is 4.90 Å². The third-order valence-corrected chi connectivity index (χ3v) is 5.90. The van der Waals surface area contributed by atoms with Crippen LogP contribution >= 0.6 is 11.6 Å². The summed E-state index contributed by atoms with van der Waals surface area (Å²) < 4.78 is 5.69. The Morgan fingerprint density at radius 3 is 2.50 bits per heavy atom. The van der Waals surface area contributed by atoms with Gasteiger partial charge < -0.3 is 15.4 Å². The van der Waals surface area contributed by atoms with Gasteiger partial charge in [0, 0.05) is 24.0 Å². The van der Waals surface area contributed by atoms with Crippen molar-refractivity contribution >= 4 is 17.5 Å². The number of hydrogen-bond acceptors (Lipinski definition) is 3. The maximum Gasteiger partial charge on any atom is 0.225 e. The average molecular weight is 351 g/mol. The Morgan fingerprint density at radius 2 is 1.88 bits per heavy atom. The lowest BCUT2D eigenvalue weighted by Gasteiger charge is -2.44. The van der Waals surface area contributed by atoms with Crippen LogP contribution in [0.4, 0.5) is 0 Å². The van der Waals surface area contributed by atoms with Crippen molar-refractivity contribution in [2.24, 2.45) is 23.5 Å². The smallest absolute Gasteiger partial charge is 0.225 e. The molecule has 2 aliphatic rings. The van der Waals surface area contributed by atoms with E-state index >= 15 is 0 Å². The molecule has 3 rings (SSSR count). The van der Waals surface area contributed by atoms with Crippen LogP contribution in [-0.4, -0.2) is 37.0 Å². The number of nitrogens with two attached hydrogens (primary N) is 1. The van der Waals surface area contributed by atoms with E-state index < -0.39 is 0 Å². The molecule has 0 aliphatic heterocycles. The van der Waals surface area contributed by atoms with Gasteiger partial charge in [0.2, 0.25) is 5.91 Å². The SMILES string of the molecule is CN(CCOc1ccc(Cl)cc1)C(=O)C1CC2CCCC(C1)C2N. The van der Waals surface area contributed by atoms with Crippen molar-refractivity contribution in [3.8, 4) is 5.75 Å². The van der Waals surface area contributed by atoms with Gasteiger partial charge >= 0.3 is 0 Å². The maximum atomic E-state index is 12.7. The van der Waals surface area contributed by atoms with Crippen molar-refractivity contribution in [1.29, 1.82) is 0 Å². The monoisotopic (exact) mass is 350 g/mol. The number of rotatable bonds is 5. The molecule has 2 atom stereocenters. The van der Waals surface area contributed by atoms with Crippen LogP contribution in [0.2, 0.25) is 5.02 Å². The zero-order valence-corrected chi connectivity index (χ0v) is 15.0. The lowest BCUT2D eigenvalue weighted by atomic mass is 9.65. The third kappa shape index (κ3) is 4.04. The first-order chi connectivity index (χ1) is 11.5. The number of fused-ring (bicyclic) bond motifs is 2. The topological polar surface area (TPSA) is 55.6 Å². The number of carbonyl (C=O) groups is 1. The minimum atomic E-state index is 0.139. The number of nitrogens with zero attached hydrogens (tertiary/aromatic N) is 1. The predicted molar refractivity (Wildman–Crippen MR) is 96.1 cm³/mol. The van der Waals surface area contributed by atoms with Crippen LogP contribution in [0.15, 0.2) is 24.3 Å². The highest BCUT2D eigenvalue weighted by atomic mass is 35.5. The Hall–Kier alpha value is -1.26. The van der Waals surface area contributed by atoms with Gasteiger partial charge in [0.15, 0.2) is 0 Å². The molecule has 4 nitrogen and oxygen atoms in total. The van der Waals surface area contributed by atoms with Crippen LogP contribution in [0.5, 0.6) is 5.75 Å². The number of amides is 1. The Labute approximate surface area is 149 Å². The highest BCUT2D eigenvalue weighted by Gasteiger charge is 2.41. The number of likely N-dealkylation sites (N-methyl/N-ethyl adjacent to an activating group) is 1. The van der Waals surface area contributed by atoms with E-state index in [0.717, 1.165) is 18.6 Å². The molecule has 0 aromatic heterocycles. The Bertz CT molecular complexity index is 549. The zero-order chi connectivity index (χ0) is 17.1. The summed E-state index contributed by atoms with van der Waals surface area (Å²) in [6.07, 6.45) is 5.56. The minimum Gasteiger partial charge on any atom is -0.492 e. The van der Waals surface area contributed by atoms with Crippen LogP contribution in [0.3, 0.4) is 0 Å². The van der Waals surface area contributed by atoms with Gasteiger partial charge in [-0.05, 0) is 61.8 Å². The summed E-state index contributed by atoms with van der Waals surface area (Å²) in [5, 5.41) is 0.690. The Balaban J connectivity index is 1.47. The first kappa shape index (κ1) is 17.6. The second-order valence-electron chi connectivity index (χ2n) is 7.26. The molecule has 0 radical (unpaired) electrons. The van der Waals surface area contributed by atoms with Gasteiger partial charge in [0.05, 0.1) is 6.54 Å². The quantitative estimate of drug-likeness (QED) is 0.886. The summed E-state index contributed by atoms with van der Waals surface area (Å²) in [4.78, 5) is 14.5.